The highest BCUT2D eigenvalue weighted by Crippen LogP contribution is 2.28. The second-order valence-corrected chi connectivity index (χ2v) is 7.71. The molecule has 1 aromatic rings. The normalized spacial score (nSPS) is 17.7. The Kier molecular flexibility index (Phi) is 9.14. The summed E-state index contributed by atoms with van der Waals surface area (Å²) in [5.74, 6) is 1.94. The molecule has 0 radical (unpaired) electrons. The standard InChI is InChI=1S/C21H35N5O.HI/c1-17(2)26(19-5-6-19)12-11-23-21(22-3)25-15-13-24(14-16-25)18-7-9-20(27-4)10-8-18;/h7-10,17,19H,5-6,11-16H2,1-4H3,(H,22,23);1H. The maximum absolute atomic E-state index is 5.25. The predicted molar refractivity (Wildman–Crippen MR) is 128 cm³/mol. The summed E-state index contributed by atoms with van der Waals surface area (Å²) in [6.07, 6.45) is 2.72. The molecule has 0 amide bonds. The first-order valence-corrected chi connectivity index (χ1v) is 10.2. The second kappa shape index (κ2) is 11.1. The molecule has 1 saturated carbocycles. The van der Waals surface area contributed by atoms with E-state index >= 15 is 0 Å². The van der Waals surface area contributed by atoms with Crippen molar-refractivity contribution < 1.29 is 4.74 Å². The van der Waals surface area contributed by atoms with Crippen LogP contribution < -0.4 is 15.0 Å². The number of halogens is 1. The van der Waals surface area contributed by atoms with Crippen molar-refractivity contribution in [1.29, 1.82) is 0 Å². The lowest BCUT2D eigenvalue weighted by atomic mass is 10.2. The highest BCUT2D eigenvalue weighted by atomic mass is 127. The first-order valence-electron chi connectivity index (χ1n) is 10.2. The Morgan fingerprint density at radius 2 is 1.82 bits per heavy atom. The van der Waals surface area contributed by atoms with Gasteiger partial charge >= 0.3 is 0 Å². The number of nitrogens with one attached hydrogen (secondary N) is 1. The summed E-state index contributed by atoms with van der Waals surface area (Å²) in [7, 11) is 3.59. The maximum atomic E-state index is 5.25. The van der Waals surface area contributed by atoms with Crippen LogP contribution in [0.3, 0.4) is 0 Å². The number of methoxy groups -OCH3 is 1. The third kappa shape index (κ3) is 6.14. The molecule has 158 valence electrons. The van der Waals surface area contributed by atoms with Crippen LogP contribution in [0.15, 0.2) is 29.3 Å². The molecule has 0 spiro atoms. The minimum absolute atomic E-state index is 0. The lowest BCUT2D eigenvalue weighted by Gasteiger charge is -2.38. The van der Waals surface area contributed by atoms with Crippen molar-refractivity contribution in [3.8, 4) is 5.75 Å². The van der Waals surface area contributed by atoms with Crippen LogP contribution in [-0.2, 0) is 0 Å². The van der Waals surface area contributed by atoms with Gasteiger partial charge in [0, 0.05) is 64.1 Å². The van der Waals surface area contributed by atoms with E-state index in [0.29, 0.717) is 6.04 Å². The largest absolute Gasteiger partial charge is 0.497 e. The van der Waals surface area contributed by atoms with E-state index in [1.54, 1.807) is 7.11 Å². The molecule has 0 aromatic heterocycles. The van der Waals surface area contributed by atoms with E-state index in [0.717, 1.165) is 57.0 Å². The number of rotatable bonds is 7. The molecular formula is C21H36IN5O. The van der Waals surface area contributed by atoms with E-state index in [9.17, 15) is 0 Å². The highest BCUT2D eigenvalue weighted by Gasteiger charge is 2.30. The Labute approximate surface area is 187 Å². The van der Waals surface area contributed by atoms with Gasteiger partial charge in [-0.2, -0.15) is 0 Å². The van der Waals surface area contributed by atoms with Gasteiger partial charge in [-0.3, -0.25) is 9.89 Å². The summed E-state index contributed by atoms with van der Waals surface area (Å²) >= 11 is 0. The fourth-order valence-corrected chi connectivity index (χ4v) is 3.87. The van der Waals surface area contributed by atoms with E-state index < -0.39 is 0 Å². The van der Waals surface area contributed by atoms with Crippen molar-refractivity contribution in [2.24, 2.45) is 4.99 Å². The fourth-order valence-electron chi connectivity index (χ4n) is 3.87. The van der Waals surface area contributed by atoms with E-state index in [2.05, 4.69) is 51.0 Å². The van der Waals surface area contributed by atoms with Crippen LogP contribution in [0.25, 0.3) is 0 Å². The third-order valence-corrected chi connectivity index (χ3v) is 5.56. The van der Waals surface area contributed by atoms with Gasteiger partial charge in [0.15, 0.2) is 5.96 Å². The molecule has 2 aliphatic rings. The quantitative estimate of drug-likeness (QED) is 0.354. The molecule has 0 unspecified atom stereocenters. The van der Waals surface area contributed by atoms with Gasteiger partial charge < -0.3 is 19.9 Å². The number of hydrogen-bond donors (Lipinski definition) is 1. The number of guanidine groups is 1. The number of benzene rings is 1. The third-order valence-electron chi connectivity index (χ3n) is 5.56. The summed E-state index contributed by atoms with van der Waals surface area (Å²) < 4.78 is 5.25. The number of anilines is 1. The zero-order chi connectivity index (χ0) is 19.2. The number of piperazine rings is 1. The molecule has 1 heterocycles. The maximum Gasteiger partial charge on any atom is 0.193 e. The Bertz CT molecular complexity index is 608. The van der Waals surface area contributed by atoms with Crippen LogP contribution in [0.5, 0.6) is 5.75 Å². The van der Waals surface area contributed by atoms with E-state index in [1.165, 1.54) is 18.5 Å². The van der Waals surface area contributed by atoms with Crippen LogP contribution in [0.2, 0.25) is 0 Å². The van der Waals surface area contributed by atoms with Crippen LogP contribution in [-0.4, -0.2) is 81.3 Å². The molecule has 1 aromatic carbocycles. The van der Waals surface area contributed by atoms with Gasteiger partial charge in [0.1, 0.15) is 5.75 Å². The Morgan fingerprint density at radius 3 is 2.32 bits per heavy atom. The van der Waals surface area contributed by atoms with E-state index in [1.807, 2.05) is 19.2 Å². The Hall–Kier alpha value is -1.22. The smallest absolute Gasteiger partial charge is 0.193 e. The lowest BCUT2D eigenvalue weighted by molar-refractivity contribution is 0.214. The average molecular weight is 501 g/mol. The van der Waals surface area contributed by atoms with E-state index in [4.69, 9.17) is 4.74 Å². The van der Waals surface area contributed by atoms with Gasteiger partial charge in [-0.15, -0.1) is 24.0 Å². The van der Waals surface area contributed by atoms with Crippen molar-refractivity contribution in [3.63, 3.8) is 0 Å². The van der Waals surface area contributed by atoms with Crippen molar-refractivity contribution in [3.05, 3.63) is 24.3 Å². The monoisotopic (exact) mass is 501 g/mol. The first-order chi connectivity index (χ1) is 13.1. The topological polar surface area (TPSA) is 43.3 Å². The molecule has 0 bridgehead atoms. The SMILES string of the molecule is CN=C(NCCN(C(C)C)C1CC1)N1CCN(c2ccc(OC)cc2)CC1.I. The predicted octanol–water partition coefficient (Wildman–Crippen LogP) is 2.88. The minimum Gasteiger partial charge on any atom is -0.497 e. The molecule has 0 atom stereocenters. The summed E-state index contributed by atoms with van der Waals surface area (Å²) in [5.41, 5.74) is 1.26. The molecule has 3 rings (SSSR count). The minimum atomic E-state index is 0. The van der Waals surface area contributed by atoms with Crippen molar-refractivity contribution in [2.45, 2.75) is 38.8 Å². The molecular weight excluding hydrogens is 465 g/mol. The Balaban J connectivity index is 0.00000280. The number of nitrogens with zero attached hydrogens (tertiary/aromatic N) is 4. The number of ether oxygens (including phenoxy) is 1. The van der Waals surface area contributed by atoms with Crippen LogP contribution in [0.4, 0.5) is 5.69 Å². The molecule has 6 nitrogen and oxygen atoms in total. The highest BCUT2D eigenvalue weighted by molar-refractivity contribution is 14.0. The molecule has 1 saturated heterocycles. The number of aliphatic imine (C=N–C) groups is 1. The van der Waals surface area contributed by atoms with Crippen LogP contribution in [0.1, 0.15) is 26.7 Å². The van der Waals surface area contributed by atoms with Crippen LogP contribution >= 0.6 is 24.0 Å². The fraction of sp³-hybridized carbons (Fsp3) is 0.667. The Morgan fingerprint density at radius 1 is 1.18 bits per heavy atom. The van der Waals surface area contributed by atoms with Crippen molar-refractivity contribution >= 4 is 35.6 Å². The molecule has 1 aliphatic carbocycles. The van der Waals surface area contributed by atoms with Gasteiger partial charge in [-0.25, -0.2) is 0 Å². The van der Waals surface area contributed by atoms with Gasteiger partial charge in [0.2, 0.25) is 0 Å². The van der Waals surface area contributed by atoms with Gasteiger partial charge in [-0.1, -0.05) is 0 Å². The molecule has 7 heteroatoms. The van der Waals surface area contributed by atoms with Crippen LogP contribution in [0, 0.1) is 0 Å². The average Bonchev–Trinajstić information content (AvgIpc) is 3.53. The van der Waals surface area contributed by atoms with Crippen molar-refractivity contribution in [1.82, 2.24) is 15.1 Å². The second-order valence-electron chi connectivity index (χ2n) is 7.71. The summed E-state index contributed by atoms with van der Waals surface area (Å²) in [6.45, 7) is 10.6. The zero-order valence-corrected chi connectivity index (χ0v) is 20.1. The summed E-state index contributed by atoms with van der Waals surface area (Å²) in [5, 5.41) is 3.58. The molecule has 28 heavy (non-hydrogen) atoms. The van der Waals surface area contributed by atoms with Crippen molar-refractivity contribution in [2.75, 3.05) is 58.3 Å². The van der Waals surface area contributed by atoms with E-state index in [-0.39, 0.29) is 24.0 Å². The molecule has 2 fully saturated rings. The summed E-state index contributed by atoms with van der Waals surface area (Å²) in [6, 6.07) is 9.77. The lowest BCUT2D eigenvalue weighted by Crippen LogP contribution is -2.53. The zero-order valence-electron chi connectivity index (χ0n) is 17.7. The van der Waals surface area contributed by atoms with Gasteiger partial charge in [-0.05, 0) is 51.0 Å². The summed E-state index contributed by atoms with van der Waals surface area (Å²) in [4.78, 5) is 11.9. The molecule has 1 N–H and O–H groups in total. The van der Waals surface area contributed by atoms with Gasteiger partial charge in [0.25, 0.3) is 0 Å². The first kappa shape index (κ1) is 23.1. The number of hydrogen-bond acceptors (Lipinski definition) is 4. The van der Waals surface area contributed by atoms with Gasteiger partial charge in [0.05, 0.1) is 7.11 Å². The molecule has 1 aliphatic heterocycles.